The van der Waals surface area contributed by atoms with E-state index in [2.05, 4.69) is 5.32 Å². The summed E-state index contributed by atoms with van der Waals surface area (Å²) in [4.78, 5) is 12.2. The van der Waals surface area contributed by atoms with E-state index in [9.17, 15) is 9.18 Å². The number of carbonyl (C=O) groups excluding carboxylic acids is 1. The summed E-state index contributed by atoms with van der Waals surface area (Å²) in [5.41, 5.74) is 0.278. The van der Waals surface area contributed by atoms with Gasteiger partial charge in [-0.3, -0.25) is 4.79 Å². The van der Waals surface area contributed by atoms with Crippen molar-refractivity contribution in [1.29, 1.82) is 0 Å². The van der Waals surface area contributed by atoms with Crippen molar-refractivity contribution in [1.82, 2.24) is 0 Å². The fraction of sp³-hybridized carbons (Fsp3) is 0.105. The largest absolute Gasteiger partial charge is 0.493 e. The summed E-state index contributed by atoms with van der Waals surface area (Å²) >= 11 is 5.62. The zero-order valence-corrected chi connectivity index (χ0v) is 14.5. The number of amides is 1. The quantitative estimate of drug-likeness (QED) is 0.664. The number of nitrogens with one attached hydrogen (secondary N) is 1. The van der Waals surface area contributed by atoms with Gasteiger partial charge in [0, 0.05) is 5.69 Å². The van der Waals surface area contributed by atoms with Crippen molar-refractivity contribution in [3.63, 3.8) is 0 Å². The molecule has 3 aromatic rings. The SMILES string of the molecule is COc1ccccc1OCc1ccc(C(=O)Nc2ccc(Cl)c(F)c2)o1. The zero-order chi connectivity index (χ0) is 18.5. The first kappa shape index (κ1) is 17.8. The summed E-state index contributed by atoms with van der Waals surface area (Å²) in [5.74, 6) is 0.586. The molecule has 0 fully saturated rings. The highest BCUT2D eigenvalue weighted by Gasteiger charge is 2.13. The second-order valence-corrected chi connectivity index (χ2v) is 5.70. The molecule has 1 N–H and O–H groups in total. The summed E-state index contributed by atoms with van der Waals surface area (Å²) in [7, 11) is 1.55. The standard InChI is InChI=1S/C19H15ClFNO4/c1-24-16-4-2-3-5-17(16)25-11-13-7-9-18(26-13)19(23)22-12-6-8-14(20)15(21)10-12/h2-10H,11H2,1H3,(H,22,23). The molecule has 2 aromatic carbocycles. The highest BCUT2D eigenvalue weighted by Crippen LogP contribution is 2.27. The van der Waals surface area contributed by atoms with Crippen LogP contribution in [0.25, 0.3) is 0 Å². The summed E-state index contributed by atoms with van der Waals surface area (Å²) < 4.78 is 29.7. The third kappa shape index (κ3) is 4.15. The van der Waals surface area contributed by atoms with E-state index in [1.54, 1.807) is 25.3 Å². The van der Waals surface area contributed by atoms with Crippen LogP contribution >= 0.6 is 11.6 Å². The second-order valence-electron chi connectivity index (χ2n) is 5.29. The van der Waals surface area contributed by atoms with Gasteiger partial charge in [0.2, 0.25) is 0 Å². The molecule has 0 bridgehead atoms. The van der Waals surface area contributed by atoms with Crippen molar-refractivity contribution < 1.29 is 23.1 Å². The first-order valence-electron chi connectivity index (χ1n) is 7.68. The summed E-state index contributed by atoms with van der Waals surface area (Å²) in [6.45, 7) is 0.128. The number of benzene rings is 2. The van der Waals surface area contributed by atoms with Crippen LogP contribution in [0.3, 0.4) is 0 Å². The summed E-state index contributed by atoms with van der Waals surface area (Å²) in [6, 6.07) is 14.3. The average Bonchev–Trinajstić information content (AvgIpc) is 3.12. The van der Waals surface area contributed by atoms with Crippen LogP contribution in [0, 0.1) is 5.82 Å². The zero-order valence-electron chi connectivity index (χ0n) is 13.8. The van der Waals surface area contributed by atoms with Gasteiger partial charge in [0.25, 0.3) is 5.91 Å². The van der Waals surface area contributed by atoms with Crippen LogP contribution in [0.15, 0.2) is 59.0 Å². The van der Waals surface area contributed by atoms with E-state index in [0.717, 1.165) is 6.07 Å². The van der Waals surface area contributed by atoms with E-state index in [1.807, 2.05) is 12.1 Å². The Bertz CT molecular complexity index is 925. The van der Waals surface area contributed by atoms with Crippen LogP contribution in [0.4, 0.5) is 10.1 Å². The molecule has 0 spiro atoms. The number of carbonyl (C=O) groups is 1. The predicted molar refractivity (Wildman–Crippen MR) is 95.4 cm³/mol. The molecular formula is C19H15ClFNO4. The smallest absolute Gasteiger partial charge is 0.291 e. The Balaban J connectivity index is 1.63. The predicted octanol–water partition coefficient (Wildman–Crippen LogP) is 4.91. The maximum Gasteiger partial charge on any atom is 0.291 e. The maximum absolute atomic E-state index is 13.4. The Morgan fingerprint density at radius 1 is 1.15 bits per heavy atom. The maximum atomic E-state index is 13.4. The van der Waals surface area contributed by atoms with Crippen LogP contribution in [0.1, 0.15) is 16.3 Å². The van der Waals surface area contributed by atoms with E-state index in [0.29, 0.717) is 17.3 Å². The fourth-order valence-electron chi connectivity index (χ4n) is 2.23. The van der Waals surface area contributed by atoms with E-state index < -0.39 is 11.7 Å². The van der Waals surface area contributed by atoms with Crippen molar-refractivity contribution >= 4 is 23.2 Å². The Morgan fingerprint density at radius 2 is 1.92 bits per heavy atom. The lowest BCUT2D eigenvalue weighted by molar-refractivity contribution is 0.0992. The van der Waals surface area contributed by atoms with Crippen molar-refractivity contribution in [3.8, 4) is 11.5 Å². The van der Waals surface area contributed by atoms with Gasteiger partial charge in [0.05, 0.1) is 12.1 Å². The van der Waals surface area contributed by atoms with Gasteiger partial charge in [-0.25, -0.2) is 4.39 Å². The molecule has 0 aliphatic rings. The molecule has 0 aliphatic carbocycles. The van der Waals surface area contributed by atoms with Crippen LogP contribution in [-0.2, 0) is 6.61 Å². The molecule has 134 valence electrons. The third-order valence-corrected chi connectivity index (χ3v) is 3.81. The molecule has 7 heteroatoms. The van der Waals surface area contributed by atoms with Crippen LogP contribution < -0.4 is 14.8 Å². The lowest BCUT2D eigenvalue weighted by Gasteiger charge is -2.08. The first-order valence-corrected chi connectivity index (χ1v) is 8.05. The number of furan rings is 1. The lowest BCUT2D eigenvalue weighted by atomic mass is 10.3. The topological polar surface area (TPSA) is 60.7 Å². The number of halogens is 2. The van der Waals surface area contributed by atoms with Crippen LogP contribution in [0.2, 0.25) is 5.02 Å². The van der Waals surface area contributed by atoms with Crippen molar-refractivity contribution in [2.45, 2.75) is 6.61 Å². The van der Waals surface area contributed by atoms with Gasteiger partial charge in [-0.05, 0) is 42.5 Å². The van der Waals surface area contributed by atoms with Gasteiger partial charge >= 0.3 is 0 Å². The Kier molecular flexibility index (Phi) is 5.43. The third-order valence-electron chi connectivity index (χ3n) is 3.50. The van der Waals surface area contributed by atoms with Crippen molar-refractivity contribution in [2.75, 3.05) is 12.4 Å². The minimum Gasteiger partial charge on any atom is -0.493 e. The Morgan fingerprint density at radius 3 is 2.65 bits per heavy atom. The lowest BCUT2D eigenvalue weighted by Crippen LogP contribution is -2.11. The number of hydrogen-bond acceptors (Lipinski definition) is 4. The van der Waals surface area contributed by atoms with Gasteiger partial charge in [0.15, 0.2) is 17.3 Å². The van der Waals surface area contributed by atoms with Crippen LogP contribution in [0.5, 0.6) is 11.5 Å². The number of rotatable bonds is 6. The van der Waals surface area contributed by atoms with Gasteiger partial charge < -0.3 is 19.2 Å². The summed E-state index contributed by atoms with van der Waals surface area (Å²) in [5, 5.41) is 2.52. The number of hydrogen-bond donors (Lipinski definition) is 1. The molecule has 0 radical (unpaired) electrons. The molecule has 0 aliphatic heterocycles. The van der Waals surface area contributed by atoms with E-state index >= 15 is 0 Å². The molecule has 0 atom stereocenters. The minimum atomic E-state index is -0.616. The van der Waals surface area contributed by atoms with Crippen LogP contribution in [-0.4, -0.2) is 13.0 Å². The molecule has 0 saturated carbocycles. The normalized spacial score (nSPS) is 10.4. The van der Waals surface area contributed by atoms with Gasteiger partial charge in [-0.1, -0.05) is 23.7 Å². The molecular weight excluding hydrogens is 361 g/mol. The van der Waals surface area contributed by atoms with E-state index in [1.165, 1.54) is 18.2 Å². The van der Waals surface area contributed by atoms with Crippen molar-refractivity contribution in [2.24, 2.45) is 0 Å². The molecule has 26 heavy (non-hydrogen) atoms. The minimum absolute atomic E-state index is 0.0169. The molecule has 1 heterocycles. The number of ether oxygens (including phenoxy) is 2. The number of anilines is 1. The van der Waals surface area contributed by atoms with E-state index in [4.69, 9.17) is 25.5 Å². The monoisotopic (exact) mass is 375 g/mol. The molecule has 1 amide bonds. The summed E-state index contributed by atoms with van der Waals surface area (Å²) in [6.07, 6.45) is 0. The highest BCUT2D eigenvalue weighted by atomic mass is 35.5. The molecule has 3 rings (SSSR count). The van der Waals surface area contributed by atoms with Gasteiger partial charge in [-0.2, -0.15) is 0 Å². The molecule has 0 saturated heterocycles. The fourth-order valence-corrected chi connectivity index (χ4v) is 2.35. The molecule has 1 aromatic heterocycles. The van der Waals surface area contributed by atoms with Gasteiger partial charge in [0.1, 0.15) is 18.2 Å². The number of methoxy groups -OCH3 is 1. The van der Waals surface area contributed by atoms with Crippen molar-refractivity contribution in [3.05, 3.63) is 77.0 Å². The average molecular weight is 376 g/mol. The first-order chi connectivity index (χ1) is 12.6. The second kappa shape index (κ2) is 7.93. The highest BCUT2D eigenvalue weighted by molar-refractivity contribution is 6.30. The van der Waals surface area contributed by atoms with E-state index in [-0.39, 0.29) is 23.1 Å². The molecule has 5 nitrogen and oxygen atoms in total. The Hall–Kier alpha value is -2.99. The van der Waals surface area contributed by atoms with Gasteiger partial charge in [-0.15, -0.1) is 0 Å². The molecule has 0 unspecified atom stereocenters. The Labute approximate surface area is 154 Å². The number of para-hydroxylation sites is 2.